The Kier molecular flexibility index (Phi) is 7.07. The van der Waals surface area contributed by atoms with Crippen molar-refractivity contribution in [2.75, 3.05) is 20.2 Å². The Bertz CT molecular complexity index is 1310. The number of Topliss-reactive ketones (excluding diaryl/α,β-unsaturated/α-hetero) is 1. The lowest BCUT2D eigenvalue weighted by molar-refractivity contribution is -0.144. The molecule has 2 heterocycles. The van der Waals surface area contributed by atoms with Crippen LogP contribution in [0.25, 0.3) is 0 Å². The molecule has 202 valence electrons. The van der Waals surface area contributed by atoms with Crippen molar-refractivity contribution in [3.05, 3.63) is 64.5 Å². The highest BCUT2D eigenvalue weighted by Crippen LogP contribution is 2.35. The first-order valence-corrected chi connectivity index (χ1v) is 12.6. The zero-order valence-corrected chi connectivity index (χ0v) is 22.6. The number of ketones is 1. The number of imide groups is 1. The number of benzene rings is 2. The van der Waals surface area contributed by atoms with Crippen molar-refractivity contribution in [1.29, 1.82) is 0 Å². The molecular weight excluding hydrogens is 491 g/mol. The lowest BCUT2D eigenvalue weighted by atomic mass is 9.85. The summed E-state index contributed by atoms with van der Waals surface area (Å²) in [5, 5.41) is 0. The normalized spacial score (nSPS) is 18.8. The molecule has 0 unspecified atom stereocenters. The third-order valence-corrected chi connectivity index (χ3v) is 7.04. The summed E-state index contributed by atoms with van der Waals surface area (Å²) in [6.45, 7) is 8.31. The van der Waals surface area contributed by atoms with Gasteiger partial charge in [-0.3, -0.25) is 14.4 Å². The second-order valence-corrected chi connectivity index (χ2v) is 11.3. The third-order valence-electron chi connectivity index (χ3n) is 7.04. The summed E-state index contributed by atoms with van der Waals surface area (Å²) in [6.07, 6.45) is -0.535. The standard InChI is InChI=1S/C29H33FN2O6/c1-28(2,3)21-10-7-17(13-22(21)30)14-23(33)25-20-9-8-19(37-6)15-18(20)11-12-31(25)24(34)16-32-26(35)29(4,5)38-27(32)36/h7-10,13,15,25H,11-12,14,16H2,1-6H3/t25-/m1/s1. The number of amides is 3. The minimum absolute atomic E-state index is 0.0982. The molecule has 8 nitrogen and oxygen atoms in total. The number of methoxy groups -OCH3 is 1. The molecule has 0 spiro atoms. The van der Waals surface area contributed by atoms with E-state index in [-0.39, 0.29) is 24.2 Å². The fourth-order valence-electron chi connectivity index (χ4n) is 5.01. The smallest absolute Gasteiger partial charge is 0.418 e. The predicted octanol–water partition coefficient (Wildman–Crippen LogP) is 4.13. The summed E-state index contributed by atoms with van der Waals surface area (Å²) in [5.41, 5.74) is 0.789. The van der Waals surface area contributed by atoms with Crippen LogP contribution in [0.4, 0.5) is 9.18 Å². The van der Waals surface area contributed by atoms with Crippen LogP contribution >= 0.6 is 0 Å². The van der Waals surface area contributed by atoms with Gasteiger partial charge in [-0.1, -0.05) is 39.0 Å². The number of carbonyl (C=O) groups is 4. The van der Waals surface area contributed by atoms with Crippen LogP contribution in [-0.4, -0.2) is 59.3 Å². The highest BCUT2D eigenvalue weighted by molar-refractivity contribution is 6.05. The van der Waals surface area contributed by atoms with E-state index in [0.29, 0.717) is 28.9 Å². The third kappa shape index (κ3) is 5.14. The first kappa shape index (κ1) is 27.3. The van der Waals surface area contributed by atoms with Gasteiger partial charge >= 0.3 is 6.09 Å². The Balaban J connectivity index is 1.64. The molecule has 0 radical (unpaired) electrons. The van der Waals surface area contributed by atoms with Crippen molar-refractivity contribution in [2.24, 2.45) is 0 Å². The zero-order valence-electron chi connectivity index (χ0n) is 22.6. The van der Waals surface area contributed by atoms with E-state index in [0.717, 1.165) is 10.5 Å². The number of fused-ring (bicyclic) bond motifs is 1. The van der Waals surface area contributed by atoms with Crippen molar-refractivity contribution >= 4 is 23.7 Å². The fourth-order valence-corrected chi connectivity index (χ4v) is 5.01. The van der Waals surface area contributed by atoms with Gasteiger partial charge in [-0.15, -0.1) is 0 Å². The lowest BCUT2D eigenvalue weighted by Gasteiger charge is -2.37. The van der Waals surface area contributed by atoms with E-state index in [2.05, 4.69) is 0 Å². The van der Waals surface area contributed by atoms with Gasteiger partial charge in [-0.2, -0.15) is 0 Å². The van der Waals surface area contributed by atoms with Crippen LogP contribution in [0.2, 0.25) is 0 Å². The maximum Gasteiger partial charge on any atom is 0.418 e. The second-order valence-electron chi connectivity index (χ2n) is 11.3. The number of hydrogen-bond donors (Lipinski definition) is 0. The van der Waals surface area contributed by atoms with E-state index in [1.807, 2.05) is 26.8 Å². The van der Waals surface area contributed by atoms with Gasteiger partial charge < -0.3 is 14.4 Å². The molecule has 0 aliphatic carbocycles. The van der Waals surface area contributed by atoms with Gasteiger partial charge in [0.05, 0.1) is 7.11 Å². The molecule has 0 bridgehead atoms. The molecule has 38 heavy (non-hydrogen) atoms. The minimum atomic E-state index is -1.36. The second kappa shape index (κ2) is 9.85. The summed E-state index contributed by atoms with van der Waals surface area (Å²) in [7, 11) is 1.55. The molecule has 0 N–H and O–H groups in total. The lowest BCUT2D eigenvalue weighted by Crippen LogP contribution is -2.49. The van der Waals surface area contributed by atoms with Crippen LogP contribution in [0.5, 0.6) is 5.75 Å². The highest BCUT2D eigenvalue weighted by Gasteiger charge is 2.48. The van der Waals surface area contributed by atoms with Crippen molar-refractivity contribution in [3.8, 4) is 5.75 Å². The SMILES string of the molecule is COc1ccc2c(c1)CCN(C(=O)CN1C(=O)OC(C)(C)C1=O)[C@H]2C(=O)Cc1ccc(C(C)(C)C)c(F)c1. The molecule has 2 aliphatic rings. The van der Waals surface area contributed by atoms with Crippen molar-refractivity contribution in [2.45, 2.75) is 64.5 Å². The van der Waals surface area contributed by atoms with Gasteiger partial charge in [-0.25, -0.2) is 14.1 Å². The van der Waals surface area contributed by atoms with E-state index >= 15 is 0 Å². The van der Waals surface area contributed by atoms with Gasteiger partial charge in [-0.05, 0) is 66.1 Å². The number of nitrogens with zero attached hydrogens (tertiary/aromatic N) is 2. The summed E-state index contributed by atoms with van der Waals surface area (Å²) in [4.78, 5) is 54.2. The average molecular weight is 525 g/mol. The molecule has 1 saturated heterocycles. The van der Waals surface area contributed by atoms with E-state index in [1.165, 1.54) is 24.8 Å². The van der Waals surface area contributed by atoms with Crippen molar-refractivity contribution < 1.29 is 33.0 Å². The number of cyclic esters (lactones) is 1. The summed E-state index contributed by atoms with van der Waals surface area (Å²) < 4.78 is 25.3. The van der Waals surface area contributed by atoms with Crippen LogP contribution in [-0.2, 0) is 37.4 Å². The summed E-state index contributed by atoms with van der Waals surface area (Å²) in [6, 6.07) is 9.11. The van der Waals surface area contributed by atoms with E-state index in [1.54, 1.807) is 31.4 Å². The molecule has 0 aromatic heterocycles. The van der Waals surface area contributed by atoms with Crippen molar-refractivity contribution in [3.63, 3.8) is 0 Å². The van der Waals surface area contributed by atoms with Crippen LogP contribution < -0.4 is 4.74 Å². The monoisotopic (exact) mass is 524 g/mol. The van der Waals surface area contributed by atoms with E-state index < -0.39 is 41.9 Å². The molecule has 2 aliphatic heterocycles. The van der Waals surface area contributed by atoms with Crippen LogP contribution in [0.1, 0.15) is 62.9 Å². The van der Waals surface area contributed by atoms with Gasteiger partial charge in [0, 0.05) is 13.0 Å². The maximum absolute atomic E-state index is 14.9. The maximum atomic E-state index is 14.9. The molecule has 1 atom stereocenters. The minimum Gasteiger partial charge on any atom is -0.497 e. The van der Waals surface area contributed by atoms with Gasteiger partial charge in [0.15, 0.2) is 11.4 Å². The van der Waals surface area contributed by atoms with Crippen molar-refractivity contribution in [1.82, 2.24) is 9.80 Å². The fraction of sp³-hybridized carbons (Fsp3) is 0.448. The number of ether oxygens (including phenoxy) is 2. The van der Waals surface area contributed by atoms with Gasteiger partial charge in [0.1, 0.15) is 24.2 Å². The van der Waals surface area contributed by atoms with Gasteiger partial charge in [0.25, 0.3) is 5.91 Å². The molecule has 3 amide bonds. The number of rotatable bonds is 6. The van der Waals surface area contributed by atoms with Crippen LogP contribution in [0.15, 0.2) is 36.4 Å². The highest BCUT2D eigenvalue weighted by atomic mass is 19.1. The topological polar surface area (TPSA) is 93.2 Å². The molecule has 9 heteroatoms. The molecule has 4 rings (SSSR count). The van der Waals surface area contributed by atoms with Crippen LogP contribution in [0, 0.1) is 5.82 Å². The number of halogens is 1. The zero-order chi connectivity index (χ0) is 28.0. The van der Waals surface area contributed by atoms with Crippen LogP contribution in [0.3, 0.4) is 0 Å². The Morgan fingerprint density at radius 3 is 2.42 bits per heavy atom. The number of carbonyl (C=O) groups excluding carboxylic acids is 4. The molecular formula is C29H33FN2O6. The molecule has 2 aromatic carbocycles. The Morgan fingerprint density at radius 1 is 1.13 bits per heavy atom. The first-order valence-electron chi connectivity index (χ1n) is 12.6. The quantitative estimate of drug-likeness (QED) is 0.564. The Labute approximate surface area is 221 Å². The van der Waals surface area contributed by atoms with E-state index in [9.17, 15) is 23.6 Å². The first-order chi connectivity index (χ1) is 17.7. The Morgan fingerprint density at radius 2 is 1.84 bits per heavy atom. The Hall–Kier alpha value is -3.75. The largest absolute Gasteiger partial charge is 0.497 e. The average Bonchev–Trinajstić information content (AvgIpc) is 3.03. The molecule has 1 fully saturated rings. The molecule has 2 aromatic rings. The number of hydrogen-bond acceptors (Lipinski definition) is 6. The predicted molar refractivity (Wildman–Crippen MR) is 137 cm³/mol. The van der Waals surface area contributed by atoms with E-state index in [4.69, 9.17) is 9.47 Å². The molecule has 0 saturated carbocycles. The van der Waals surface area contributed by atoms with Gasteiger partial charge in [0.2, 0.25) is 5.91 Å². The summed E-state index contributed by atoms with van der Waals surface area (Å²) in [5.74, 6) is -1.24. The summed E-state index contributed by atoms with van der Waals surface area (Å²) >= 11 is 0.